The van der Waals surface area contributed by atoms with Crippen LogP contribution >= 0.6 is 23.2 Å². The van der Waals surface area contributed by atoms with Gasteiger partial charge in [0.15, 0.2) is 0 Å². The van der Waals surface area contributed by atoms with Gasteiger partial charge in [0.1, 0.15) is 5.60 Å². The second-order valence-electron chi connectivity index (χ2n) is 7.44. The molecule has 1 aromatic carbocycles. The topological polar surface area (TPSA) is 36.4 Å². The Kier molecular flexibility index (Phi) is 4.53. The zero-order valence-electron chi connectivity index (χ0n) is 14.3. The van der Waals surface area contributed by atoms with E-state index in [1.807, 2.05) is 37.3 Å². The van der Waals surface area contributed by atoms with Crippen LogP contribution in [0.25, 0.3) is 0 Å². The maximum Gasteiger partial charge on any atom is 0.111 e. The number of aliphatic hydroxyl groups is 1. The number of halogens is 2. The number of hydrogen-bond donors (Lipinski definition) is 1. The molecule has 2 heterocycles. The molecular formula is C20H22Cl2N2O. The summed E-state index contributed by atoms with van der Waals surface area (Å²) in [6.45, 7) is 4.77. The summed E-state index contributed by atoms with van der Waals surface area (Å²) in [5, 5.41) is 12.6. The van der Waals surface area contributed by atoms with Crippen LogP contribution in [0.15, 0.2) is 36.5 Å². The van der Waals surface area contributed by atoms with E-state index in [0.29, 0.717) is 16.0 Å². The van der Waals surface area contributed by atoms with Gasteiger partial charge in [-0.05, 0) is 55.0 Å². The third-order valence-electron chi connectivity index (χ3n) is 5.84. The van der Waals surface area contributed by atoms with Crippen molar-refractivity contribution in [2.75, 3.05) is 13.1 Å². The first-order valence-corrected chi connectivity index (χ1v) is 9.54. The molecule has 1 aliphatic heterocycles. The number of benzene rings is 1. The number of aryl methyl sites for hydroxylation is 1. The number of aromatic nitrogens is 1. The van der Waals surface area contributed by atoms with Crippen molar-refractivity contribution in [3.8, 4) is 0 Å². The van der Waals surface area contributed by atoms with Crippen molar-refractivity contribution in [2.45, 2.75) is 31.9 Å². The van der Waals surface area contributed by atoms with E-state index in [1.54, 1.807) is 6.20 Å². The third-order valence-corrected chi connectivity index (χ3v) is 6.58. The largest absolute Gasteiger partial charge is 0.383 e. The Labute approximate surface area is 158 Å². The fourth-order valence-electron chi connectivity index (χ4n) is 4.64. The summed E-state index contributed by atoms with van der Waals surface area (Å²) < 4.78 is 0. The van der Waals surface area contributed by atoms with Gasteiger partial charge in [0.2, 0.25) is 0 Å². The highest BCUT2D eigenvalue weighted by molar-refractivity contribution is 6.42. The maximum absolute atomic E-state index is 11.5. The van der Waals surface area contributed by atoms with E-state index in [9.17, 15) is 5.11 Å². The van der Waals surface area contributed by atoms with Crippen LogP contribution in [-0.2, 0) is 12.1 Å². The highest BCUT2D eigenvalue weighted by Gasteiger charge is 2.53. The van der Waals surface area contributed by atoms with Crippen LogP contribution in [0, 0.1) is 18.8 Å². The summed E-state index contributed by atoms with van der Waals surface area (Å²) in [4.78, 5) is 6.94. The number of hydrogen-bond acceptors (Lipinski definition) is 3. The smallest absolute Gasteiger partial charge is 0.111 e. The molecule has 2 aromatic rings. The lowest BCUT2D eigenvalue weighted by Crippen LogP contribution is -2.36. The molecule has 0 spiro atoms. The number of nitrogens with zero attached hydrogens (tertiary/aromatic N) is 2. The Hall–Kier alpha value is -1.13. The summed E-state index contributed by atoms with van der Waals surface area (Å²) in [6, 6.07) is 9.78. The molecule has 132 valence electrons. The van der Waals surface area contributed by atoms with E-state index in [2.05, 4.69) is 9.88 Å². The molecule has 0 amide bonds. The Morgan fingerprint density at radius 3 is 2.84 bits per heavy atom. The second kappa shape index (κ2) is 6.55. The summed E-state index contributed by atoms with van der Waals surface area (Å²) >= 11 is 12.1. The Morgan fingerprint density at radius 1 is 1.24 bits per heavy atom. The first-order chi connectivity index (χ1) is 12.0. The molecule has 2 fully saturated rings. The molecule has 3 atom stereocenters. The first-order valence-electron chi connectivity index (χ1n) is 8.78. The van der Waals surface area contributed by atoms with Gasteiger partial charge in [-0.1, -0.05) is 35.3 Å². The SMILES string of the molecule is Cc1cccnc1[C@]1(O)CC[C@H]2CN(Cc3ccc(Cl)c(Cl)c3)C[C@H]21. The summed E-state index contributed by atoms with van der Waals surface area (Å²) in [5.41, 5.74) is 2.29. The van der Waals surface area contributed by atoms with Crippen LogP contribution in [0.4, 0.5) is 0 Å². The number of pyridine rings is 1. The molecule has 1 N–H and O–H groups in total. The molecule has 0 radical (unpaired) electrons. The average Bonchev–Trinajstić information content (AvgIpc) is 3.12. The highest BCUT2D eigenvalue weighted by atomic mass is 35.5. The Balaban J connectivity index is 1.53. The van der Waals surface area contributed by atoms with E-state index >= 15 is 0 Å². The quantitative estimate of drug-likeness (QED) is 0.860. The average molecular weight is 377 g/mol. The van der Waals surface area contributed by atoms with Crippen molar-refractivity contribution >= 4 is 23.2 Å². The van der Waals surface area contributed by atoms with Gasteiger partial charge in [-0.3, -0.25) is 9.88 Å². The van der Waals surface area contributed by atoms with Gasteiger partial charge >= 0.3 is 0 Å². The van der Waals surface area contributed by atoms with Crippen LogP contribution in [0.2, 0.25) is 10.0 Å². The van der Waals surface area contributed by atoms with Crippen molar-refractivity contribution < 1.29 is 5.11 Å². The zero-order chi connectivity index (χ0) is 17.6. The molecular weight excluding hydrogens is 355 g/mol. The molecule has 2 aliphatic rings. The van der Waals surface area contributed by atoms with Crippen LogP contribution in [0.1, 0.15) is 29.7 Å². The van der Waals surface area contributed by atoms with Crippen molar-refractivity contribution in [1.82, 2.24) is 9.88 Å². The lowest BCUT2D eigenvalue weighted by Gasteiger charge is -2.31. The number of likely N-dealkylation sites (tertiary alicyclic amines) is 1. The summed E-state index contributed by atoms with van der Waals surface area (Å²) in [7, 11) is 0. The molecule has 1 saturated carbocycles. The predicted molar refractivity (Wildman–Crippen MR) is 101 cm³/mol. The Morgan fingerprint density at radius 2 is 2.08 bits per heavy atom. The van der Waals surface area contributed by atoms with E-state index < -0.39 is 5.60 Å². The van der Waals surface area contributed by atoms with Gasteiger partial charge in [-0.15, -0.1) is 0 Å². The molecule has 0 unspecified atom stereocenters. The lowest BCUT2D eigenvalue weighted by molar-refractivity contribution is -0.0114. The molecule has 1 aromatic heterocycles. The standard InChI is InChI=1S/C20H22Cl2N2O/c1-13-3-2-8-23-19(13)20(25)7-6-15-11-24(12-16(15)20)10-14-4-5-17(21)18(22)9-14/h2-5,8-9,15-16,25H,6-7,10-12H2,1H3/t15-,16+,20-/m0/s1. The van der Waals surface area contributed by atoms with Crippen molar-refractivity contribution in [2.24, 2.45) is 11.8 Å². The fourth-order valence-corrected chi connectivity index (χ4v) is 4.96. The van der Waals surface area contributed by atoms with Crippen molar-refractivity contribution in [3.05, 3.63) is 63.4 Å². The second-order valence-corrected chi connectivity index (χ2v) is 8.26. The van der Waals surface area contributed by atoms with Crippen LogP contribution in [0.5, 0.6) is 0 Å². The van der Waals surface area contributed by atoms with E-state index in [-0.39, 0.29) is 5.92 Å². The van der Waals surface area contributed by atoms with Gasteiger partial charge in [0.05, 0.1) is 15.7 Å². The monoisotopic (exact) mass is 376 g/mol. The third kappa shape index (κ3) is 3.08. The maximum atomic E-state index is 11.5. The van der Waals surface area contributed by atoms with Crippen molar-refractivity contribution in [1.29, 1.82) is 0 Å². The molecule has 4 rings (SSSR count). The van der Waals surface area contributed by atoms with Gasteiger partial charge in [0, 0.05) is 31.7 Å². The van der Waals surface area contributed by atoms with Crippen LogP contribution < -0.4 is 0 Å². The minimum atomic E-state index is -0.803. The fraction of sp³-hybridized carbons (Fsp3) is 0.450. The van der Waals surface area contributed by atoms with Gasteiger partial charge in [0.25, 0.3) is 0 Å². The zero-order valence-corrected chi connectivity index (χ0v) is 15.8. The van der Waals surface area contributed by atoms with Crippen LogP contribution in [-0.4, -0.2) is 28.1 Å². The van der Waals surface area contributed by atoms with E-state index in [4.69, 9.17) is 23.2 Å². The van der Waals surface area contributed by atoms with Gasteiger partial charge < -0.3 is 5.11 Å². The molecule has 3 nitrogen and oxygen atoms in total. The molecule has 1 saturated heterocycles. The summed E-state index contributed by atoms with van der Waals surface area (Å²) in [5.74, 6) is 0.762. The minimum absolute atomic E-state index is 0.240. The van der Waals surface area contributed by atoms with Gasteiger partial charge in [-0.2, -0.15) is 0 Å². The summed E-state index contributed by atoms with van der Waals surface area (Å²) in [6.07, 6.45) is 3.64. The molecule has 25 heavy (non-hydrogen) atoms. The lowest BCUT2D eigenvalue weighted by atomic mass is 9.83. The van der Waals surface area contributed by atoms with Crippen LogP contribution in [0.3, 0.4) is 0 Å². The molecule has 5 heteroatoms. The first kappa shape index (κ1) is 17.3. The molecule has 0 bridgehead atoms. The number of fused-ring (bicyclic) bond motifs is 1. The predicted octanol–water partition coefficient (Wildman–Crippen LogP) is 4.43. The van der Waals surface area contributed by atoms with E-state index in [0.717, 1.165) is 49.3 Å². The minimum Gasteiger partial charge on any atom is -0.383 e. The van der Waals surface area contributed by atoms with Gasteiger partial charge in [-0.25, -0.2) is 0 Å². The molecule has 1 aliphatic carbocycles. The Bertz CT molecular complexity index is 797. The van der Waals surface area contributed by atoms with Crippen molar-refractivity contribution in [3.63, 3.8) is 0 Å². The number of rotatable bonds is 3. The normalized spacial score (nSPS) is 29.1. The van der Waals surface area contributed by atoms with E-state index in [1.165, 1.54) is 0 Å². The highest BCUT2D eigenvalue weighted by Crippen LogP contribution is 2.50.